The number of fused-ring (bicyclic) bond motifs is 2. The van der Waals surface area contributed by atoms with E-state index in [9.17, 15) is 4.79 Å². The van der Waals surface area contributed by atoms with E-state index in [4.69, 9.17) is 0 Å². The molecular weight excluding hydrogens is 434 g/mol. The summed E-state index contributed by atoms with van der Waals surface area (Å²) in [5.74, 6) is 1.32. The fourth-order valence-corrected chi connectivity index (χ4v) is 3.99. The molecule has 0 saturated heterocycles. The van der Waals surface area contributed by atoms with E-state index in [1.54, 1.807) is 0 Å². The van der Waals surface area contributed by atoms with E-state index in [0.717, 1.165) is 35.9 Å². The summed E-state index contributed by atoms with van der Waals surface area (Å²) in [7, 11) is 4.07. The highest BCUT2D eigenvalue weighted by Gasteiger charge is 2.20. The van der Waals surface area contributed by atoms with Crippen molar-refractivity contribution < 1.29 is 4.79 Å². The first kappa shape index (κ1) is 19.7. The molecule has 3 aromatic rings. The molecule has 1 aliphatic rings. The summed E-state index contributed by atoms with van der Waals surface area (Å²) in [6.07, 6.45) is 7.44. The molecule has 4 rings (SSSR count). The van der Waals surface area contributed by atoms with Crippen LogP contribution in [0.4, 0.5) is 11.6 Å². The van der Waals surface area contributed by atoms with Crippen LogP contribution in [-0.2, 0) is 6.54 Å². The Bertz CT molecular complexity index is 1090. The molecule has 0 aliphatic carbocycles. The zero-order valence-electron chi connectivity index (χ0n) is 16.4. The summed E-state index contributed by atoms with van der Waals surface area (Å²) in [5.41, 5.74) is 3.29. The van der Waals surface area contributed by atoms with Crippen molar-refractivity contribution in [3.8, 4) is 0 Å². The molecule has 2 N–H and O–H groups in total. The minimum absolute atomic E-state index is 0.0615. The van der Waals surface area contributed by atoms with Gasteiger partial charge in [-0.2, -0.15) is 0 Å². The Morgan fingerprint density at radius 1 is 1.28 bits per heavy atom. The van der Waals surface area contributed by atoms with Crippen LogP contribution in [0, 0.1) is 0 Å². The highest BCUT2D eigenvalue weighted by Crippen LogP contribution is 2.33. The van der Waals surface area contributed by atoms with Gasteiger partial charge in [0.2, 0.25) is 0 Å². The Balaban J connectivity index is 1.57. The number of rotatable bonds is 8. The third-order valence-electron chi connectivity index (χ3n) is 4.83. The van der Waals surface area contributed by atoms with Crippen molar-refractivity contribution in [1.29, 1.82) is 0 Å². The van der Waals surface area contributed by atoms with Gasteiger partial charge in [0.25, 0.3) is 0 Å². The maximum absolute atomic E-state index is 12.7. The Hall–Kier alpha value is -2.65. The first-order valence-electron chi connectivity index (χ1n) is 9.49. The fraction of sp³-hybridized carbons (Fsp3) is 0.350. The van der Waals surface area contributed by atoms with E-state index in [1.165, 1.54) is 6.33 Å². The number of nitrogens with zero attached hydrogens (tertiary/aromatic N) is 5. The Morgan fingerprint density at radius 2 is 2.14 bits per heavy atom. The molecule has 0 aromatic carbocycles. The van der Waals surface area contributed by atoms with Crippen molar-refractivity contribution in [3.05, 3.63) is 39.9 Å². The van der Waals surface area contributed by atoms with Gasteiger partial charge in [-0.25, -0.2) is 15.0 Å². The van der Waals surface area contributed by atoms with Crippen molar-refractivity contribution >= 4 is 50.6 Å². The number of Topliss-reactive ketones (excluding diaryl/α,β-unsaturated/α-hetero) is 1. The molecule has 0 bridgehead atoms. The Labute approximate surface area is 177 Å². The molecule has 1 aliphatic heterocycles. The lowest BCUT2D eigenvalue weighted by Crippen LogP contribution is -2.13. The van der Waals surface area contributed by atoms with E-state index < -0.39 is 0 Å². The zero-order valence-corrected chi connectivity index (χ0v) is 18.0. The first-order chi connectivity index (χ1) is 14.0. The number of aromatic amines is 1. The van der Waals surface area contributed by atoms with Gasteiger partial charge in [0, 0.05) is 30.0 Å². The van der Waals surface area contributed by atoms with Gasteiger partial charge in [0.05, 0.1) is 22.1 Å². The number of nitrogens with one attached hydrogen (secondary N) is 2. The zero-order chi connectivity index (χ0) is 20.4. The van der Waals surface area contributed by atoms with Crippen LogP contribution in [0.3, 0.4) is 0 Å². The molecule has 0 radical (unpaired) electrons. The number of aliphatic imine (C=N–C) groups is 1. The second-order valence-corrected chi connectivity index (χ2v) is 8.10. The Morgan fingerprint density at radius 3 is 2.97 bits per heavy atom. The van der Waals surface area contributed by atoms with Gasteiger partial charge in [0.1, 0.15) is 23.6 Å². The van der Waals surface area contributed by atoms with Crippen molar-refractivity contribution in [3.63, 3.8) is 0 Å². The monoisotopic (exact) mass is 455 g/mol. The molecule has 9 heteroatoms. The first-order valence-corrected chi connectivity index (χ1v) is 10.3. The largest absolute Gasteiger partial charge is 0.336 e. The normalized spacial score (nSPS) is 12.7. The predicted molar refractivity (Wildman–Crippen MR) is 117 cm³/mol. The third-order valence-corrected chi connectivity index (χ3v) is 5.62. The second-order valence-electron chi connectivity index (χ2n) is 7.31. The summed E-state index contributed by atoms with van der Waals surface area (Å²) in [6.45, 7) is 1.64. The average molecular weight is 456 g/mol. The molecule has 150 valence electrons. The molecular formula is C20H22BrN7O. The molecule has 29 heavy (non-hydrogen) atoms. The second kappa shape index (κ2) is 8.38. The number of anilines is 2. The van der Waals surface area contributed by atoms with Crippen LogP contribution in [0.2, 0.25) is 0 Å². The van der Waals surface area contributed by atoms with E-state index in [1.807, 2.05) is 32.6 Å². The number of halogens is 1. The van der Waals surface area contributed by atoms with Gasteiger partial charge in [0.15, 0.2) is 5.78 Å². The Kier molecular flexibility index (Phi) is 5.68. The third kappa shape index (κ3) is 4.20. The van der Waals surface area contributed by atoms with Gasteiger partial charge < -0.3 is 15.2 Å². The molecule has 4 heterocycles. The fourth-order valence-electron chi connectivity index (χ4n) is 3.30. The van der Waals surface area contributed by atoms with Crippen molar-refractivity contribution in [2.75, 3.05) is 26.0 Å². The quantitative estimate of drug-likeness (QED) is 0.396. The van der Waals surface area contributed by atoms with Gasteiger partial charge in [-0.1, -0.05) is 0 Å². The average Bonchev–Trinajstić information content (AvgIpc) is 3.29. The number of hydrogen-bond acceptors (Lipinski definition) is 7. The van der Waals surface area contributed by atoms with Crippen LogP contribution in [-0.4, -0.2) is 57.5 Å². The molecule has 0 unspecified atom stereocenters. The number of ketones is 1. The molecule has 0 fully saturated rings. The SMILES string of the molecule is CN(C)CCCCC(=O)c1[nH]c2ncnc(Nc3cc4c(cn3)CN=C4)c2c1Br. The molecule has 3 aromatic heterocycles. The van der Waals surface area contributed by atoms with Gasteiger partial charge in [-0.15, -0.1) is 0 Å². The molecule has 8 nitrogen and oxygen atoms in total. The molecule has 0 atom stereocenters. The highest BCUT2D eigenvalue weighted by atomic mass is 79.9. The lowest BCUT2D eigenvalue weighted by atomic mass is 10.1. The van der Waals surface area contributed by atoms with Crippen molar-refractivity contribution in [1.82, 2.24) is 24.8 Å². The van der Waals surface area contributed by atoms with Crippen LogP contribution in [0.25, 0.3) is 11.0 Å². The number of unbranched alkanes of at least 4 members (excludes halogenated alkanes) is 1. The summed E-state index contributed by atoms with van der Waals surface area (Å²) >= 11 is 3.58. The van der Waals surface area contributed by atoms with Crippen molar-refractivity contribution in [2.45, 2.75) is 25.8 Å². The summed E-state index contributed by atoms with van der Waals surface area (Å²) < 4.78 is 0.677. The topological polar surface area (TPSA) is 99.2 Å². The number of H-pyrrole nitrogens is 1. The number of carbonyl (C=O) groups is 1. The van der Waals surface area contributed by atoms with Gasteiger partial charge in [-0.3, -0.25) is 9.79 Å². The van der Waals surface area contributed by atoms with E-state index in [0.29, 0.717) is 40.4 Å². The maximum atomic E-state index is 12.7. The standard InChI is InChI=1S/C20H22BrN7O/c1-28(2)6-4-3-5-14(29)18-17(21)16-19(24-11-25-20(16)27-18)26-15-7-12-8-22-9-13(12)10-23-15/h7-8,10-11H,3-6,9H2,1-2H3,(H2,23,24,25,26,27). The van der Waals surface area contributed by atoms with E-state index >= 15 is 0 Å². The summed E-state index contributed by atoms with van der Waals surface area (Å²) in [4.78, 5) is 35.3. The lowest BCUT2D eigenvalue weighted by Gasteiger charge is -2.08. The number of hydrogen-bond donors (Lipinski definition) is 2. The molecule has 0 spiro atoms. The summed E-state index contributed by atoms with van der Waals surface area (Å²) in [6, 6.07) is 1.94. The number of carbonyl (C=O) groups excluding carboxylic acids is 1. The highest BCUT2D eigenvalue weighted by molar-refractivity contribution is 9.10. The van der Waals surface area contributed by atoms with Crippen LogP contribution in [0.15, 0.2) is 28.1 Å². The minimum atomic E-state index is 0.0615. The van der Waals surface area contributed by atoms with Crippen molar-refractivity contribution in [2.24, 2.45) is 4.99 Å². The van der Waals surface area contributed by atoms with E-state index in [2.05, 4.69) is 51.1 Å². The van der Waals surface area contributed by atoms with Crippen LogP contribution in [0.5, 0.6) is 0 Å². The van der Waals surface area contributed by atoms with E-state index in [-0.39, 0.29) is 5.78 Å². The number of aromatic nitrogens is 4. The number of pyridine rings is 1. The summed E-state index contributed by atoms with van der Waals surface area (Å²) in [5, 5.41) is 3.98. The molecule has 0 amide bonds. The van der Waals surface area contributed by atoms with Crippen LogP contribution < -0.4 is 5.32 Å². The van der Waals surface area contributed by atoms with Crippen LogP contribution >= 0.6 is 15.9 Å². The maximum Gasteiger partial charge on any atom is 0.180 e. The molecule has 0 saturated carbocycles. The van der Waals surface area contributed by atoms with Crippen LogP contribution in [0.1, 0.15) is 40.9 Å². The van der Waals surface area contributed by atoms with Gasteiger partial charge >= 0.3 is 0 Å². The van der Waals surface area contributed by atoms with Gasteiger partial charge in [-0.05, 0) is 55.5 Å². The lowest BCUT2D eigenvalue weighted by molar-refractivity contribution is 0.0973. The smallest absolute Gasteiger partial charge is 0.180 e. The minimum Gasteiger partial charge on any atom is -0.336 e. The predicted octanol–water partition coefficient (Wildman–Crippen LogP) is 3.71.